The van der Waals surface area contributed by atoms with Gasteiger partial charge in [-0.2, -0.15) is 0 Å². The van der Waals surface area contributed by atoms with Crippen molar-refractivity contribution in [3.05, 3.63) is 59.8 Å². The molecule has 1 aromatic carbocycles. The fourth-order valence-corrected chi connectivity index (χ4v) is 7.94. The van der Waals surface area contributed by atoms with Crippen molar-refractivity contribution in [1.29, 1.82) is 0 Å². The van der Waals surface area contributed by atoms with E-state index >= 15 is 0 Å². The lowest BCUT2D eigenvalue weighted by atomic mass is 9.51. The molecule has 0 radical (unpaired) electrons. The van der Waals surface area contributed by atoms with Gasteiger partial charge in [-0.1, -0.05) is 50.3 Å². The molecular formula is C32H38N2O5. The molecule has 7 nitrogen and oxygen atoms in total. The van der Waals surface area contributed by atoms with Crippen molar-refractivity contribution in [2.75, 3.05) is 0 Å². The Morgan fingerprint density at radius 1 is 1.13 bits per heavy atom. The molecule has 0 bridgehead atoms. The molecule has 1 aromatic heterocycles. The average Bonchev–Trinajstić information content (AvgIpc) is 3.31. The summed E-state index contributed by atoms with van der Waals surface area (Å²) in [5, 5.41) is 15.0. The number of aromatic amines is 1. The highest BCUT2D eigenvalue weighted by molar-refractivity contribution is 6.10. The van der Waals surface area contributed by atoms with Crippen LogP contribution in [0.1, 0.15) is 52.5 Å². The number of rotatable bonds is 2. The van der Waals surface area contributed by atoms with E-state index in [9.17, 15) is 19.5 Å². The van der Waals surface area contributed by atoms with Crippen LogP contribution in [0.5, 0.6) is 0 Å². The zero-order valence-corrected chi connectivity index (χ0v) is 23.1. The van der Waals surface area contributed by atoms with Crippen molar-refractivity contribution in [2.45, 2.75) is 77.2 Å². The number of allylic oxidation sites excluding steroid dienone is 2. The van der Waals surface area contributed by atoms with Gasteiger partial charge < -0.3 is 20.1 Å². The summed E-state index contributed by atoms with van der Waals surface area (Å²) in [6, 6.07) is 7.84. The van der Waals surface area contributed by atoms with Crippen LogP contribution in [-0.2, 0) is 25.5 Å². The van der Waals surface area contributed by atoms with Crippen molar-refractivity contribution in [2.24, 2.45) is 29.1 Å². The number of H-pyrrole nitrogens is 1. The van der Waals surface area contributed by atoms with Gasteiger partial charge in [0.1, 0.15) is 17.3 Å². The number of carbonyl (C=O) groups excluding carboxylic acids is 3. The van der Waals surface area contributed by atoms with E-state index in [0.717, 1.165) is 16.5 Å². The smallest absolute Gasteiger partial charge is 0.235 e. The molecule has 3 N–H and O–H groups in total. The molecule has 1 saturated carbocycles. The first kappa shape index (κ1) is 26.2. The number of ether oxygens (including phenoxy) is 1. The normalized spacial score (nSPS) is 42.6. The molecule has 9 atom stereocenters. The first-order valence-corrected chi connectivity index (χ1v) is 14.2. The van der Waals surface area contributed by atoms with Crippen LogP contribution >= 0.6 is 0 Å². The van der Waals surface area contributed by atoms with E-state index in [4.69, 9.17) is 4.74 Å². The predicted molar refractivity (Wildman–Crippen MR) is 148 cm³/mol. The number of aliphatic hydroxyl groups excluding tert-OH is 1. The van der Waals surface area contributed by atoms with Crippen LogP contribution in [0.4, 0.5) is 0 Å². The number of amides is 1. The summed E-state index contributed by atoms with van der Waals surface area (Å²) in [6.45, 7) is 8.00. The Bertz CT molecular complexity index is 1410. The summed E-state index contributed by atoms with van der Waals surface area (Å²) in [7, 11) is 0. The molecule has 1 spiro atoms. The second-order valence-corrected chi connectivity index (χ2v) is 12.4. The minimum atomic E-state index is -1.32. The van der Waals surface area contributed by atoms with Crippen LogP contribution < -0.4 is 5.32 Å². The number of hydrogen-bond acceptors (Lipinski definition) is 5. The summed E-state index contributed by atoms with van der Waals surface area (Å²) in [4.78, 5) is 44.7. The molecule has 3 fully saturated rings. The minimum Gasteiger partial charge on any atom is -0.381 e. The summed E-state index contributed by atoms with van der Waals surface area (Å²) < 4.78 is 6.35. The minimum absolute atomic E-state index is 0.0509. The number of nitrogens with one attached hydrogen (secondary N) is 2. The molecule has 7 heteroatoms. The lowest BCUT2D eigenvalue weighted by molar-refractivity contribution is -0.149. The van der Waals surface area contributed by atoms with Crippen LogP contribution in [-0.4, -0.2) is 51.4 Å². The van der Waals surface area contributed by atoms with Gasteiger partial charge in [-0.3, -0.25) is 14.4 Å². The number of epoxide rings is 1. The van der Waals surface area contributed by atoms with Crippen LogP contribution in [0.2, 0.25) is 0 Å². The number of fused-ring (bicyclic) bond motifs is 3. The van der Waals surface area contributed by atoms with Gasteiger partial charge in [-0.15, -0.1) is 0 Å². The Labute approximate surface area is 229 Å². The van der Waals surface area contributed by atoms with Gasteiger partial charge in [0.2, 0.25) is 5.91 Å². The first-order valence-electron chi connectivity index (χ1n) is 14.2. The van der Waals surface area contributed by atoms with Gasteiger partial charge in [0.15, 0.2) is 5.78 Å². The van der Waals surface area contributed by atoms with Crippen LogP contribution in [0.3, 0.4) is 0 Å². The Morgan fingerprint density at radius 3 is 2.69 bits per heavy atom. The van der Waals surface area contributed by atoms with E-state index in [1.165, 1.54) is 0 Å². The molecule has 206 valence electrons. The second-order valence-electron chi connectivity index (χ2n) is 12.4. The molecular weight excluding hydrogens is 492 g/mol. The van der Waals surface area contributed by atoms with E-state index in [2.05, 4.69) is 36.3 Å². The van der Waals surface area contributed by atoms with E-state index in [1.54, 1.807) is 6.92 Å². The highest BCUT2D eigenvalue weighted by atomic mass is 16.6. The fraction of sp³-hybridized carbons (Fsp3) is 0.531. The van der Waals surface area contributed by atoms with Gasteiger partial charge in [0.25, 0.3) is 0 Å². The average molecular weight is 531 g/mol. The molecule has 6 rings (SSSR count). The van der Waals surface area contributed by atoms with Crippen LogP contribution in [0.25, 0.3) is 10.9 Å². The maximum atomic E-state index is 14.3. The third kappa shape index (κ3) is 3.88. The maximum absolute atomic E-state index is 14.3. The van der Waals surface area contributed by atoms with Gasteiger partial charge in [0.05, 0.1) is 11.7 Å². The molecule has 3 heterocycles. The van der Waals surface area contributed by atoms with Crippen molar-refractivity contribution in [3.63, 3.8) is 0 Å². The van der Waals surface area contributed by atoms with Crippen molar-refractivity contribution in [1.82, 2.24) is 10.3 Å². The Kier molecular flexibility index (Phi) is 6.23. The number of para-hydroxylation sites is 1. The Balaban J connectivity index is 1.43. The third-order valence-electron chi connectivity index (χ3n) is 10.1. The number of ketones is 2. The van der Waals surface area contributed by atoms with Gasteiger partial charge >= 0.3 is 0 Å². The number of Topliss-reactive ketones (excluding diaryl/α,β-unsaturated/α-hetero) is 2. The zero-order valence-electron chi connectivity index (χ0n) is 23.1. The quantitative estimate of drug-likeness (QED) is 0.308. The lowest BCUT2D eigenvalue weighted by Gasteiger charge is -2.46. The number of hydrogen-bond donors (Lipinski definition) is 3. The highest BCUT2D eigenvalue weighted by Gasteiger charge is 2.78. The lowest BCUT2D eigenvalue weighted by Crippen LogP contribution is -2.58. The maximum Gasteiger partial charge on any atom is 0.235 e. The molecule has 4 aliphatic rings. The molecule has 2 aliphatic heterocycles. The summed E-state index contributed by atoms with van der Waals surface area (Å²) in [6.07, 6.45) is 7.62. The third-order valence-corrected chi connectivity index (χ3v) is 10.1. The summed E-state index contributed by atoms with van der Waals surface area (Å²) in [5.74, 6) is -1.54. The molecule has 1 amide bonds. The highest BCUT2D eigenvalue weighted by Crippen LogP contribution is 2.66. The molecule has 2 aromatic rings. The number of aliphatic hydroxyl groups is 1. The monoisotopic (exact) mass is 530 g/mol. The number of benzene rings is 1. The Hall–Kier alpha value is -3.03. The molecule has 1 unspecified atom stereocenters. The predicted octanol–water partition coefficient (Wildman–Crippen LogP) is 4.06. The standard InChI is InChI=1S/C32H38N2O5/c1-17-8-7-10-22-29-31(4,39-29)19(3)27-24(15-20-16-33-23-11-6-5-9-21(20)23)34-30(38)32(22,27)26(36)13-12-25(35)28(37)18(2)14-17/h5-7,9-11,14,16-17,19,22,24,27-29,33,37H,8,12-13,15H2,1-4H3,(H,34,38)/b10-7-,18-14-/t17-,19-,22-,24?,27-,28-,29-,31+,32-/m0/s1. The van der Waals surface area contributed by atoms with E-state index in [0.29, 0.717) is 18.4 Å². The first-order chi connectivity index (χ1) is 18.6. The van der Waals surface area contributed by atoms with Gasteiger partial charge in [-0.25, -0.2) is 0 Å². The molecule has 39 heavy (non-hydrogen) atoms. The number of carbonyl (C=O) groups is 3. The van der Waals surface area contributed by atoms with E-state index < -0.39 is 23.0 Å². The van der Waals surface area contributed by atoms with E-state index in [-0.39, 0.29) is 60.2 Å². The largest absolute Gasteiger partial charge is 0.381 e. The van der Waals surface area contributed by atoms with Crippen molar-refractivity contribution in [3.8, 4) is 0 Å². The fourth-order valence-electron chi connectivity index (χ4n) is 7.94. The van der Waals surface area contributed by atoms with Crippen molar-refractivity contribution >= 4 is 28.4 Å². The van der Waals surface area contributed by atoms with Crippen LogP contribution in [0.15, 0.2) is 54.3 Å². The molecule has 2 saturated heterocycles. The summed E-state index contributed by atoms with van der Waals surface area (Å²) in [5.41, 5.74) is 0.997. The molecule has 2 aliphatic carbocycles. The second kappa shape index (κ2) is 9.27. The van der Waals surface area contributed by atoms with E-state index in [1.807, 2.05) is 43.5 Å². The van der Waals surface area contributed by atoms with Gasteiger partial charge in [-0.05, 0) is 55.7 Å². The SMILES string of the molecule is C/C1=C/[C@@H](C)C/C=C\[C@H]2[C@@H]3O[C@]3(C)[C@@H](C)[C@H]3C(Cc4c[nH]c5ccccc45)NC(=O)[C@@]32C(=O)CCC(=O)[C@H]1O. The van der Waals surface area contributed by atoms with Gasteiger partial charge in [0, 0.05) is 47.8 Å². The Morgan fingerprint density at radius 2 is 1.90 bits per heavy atom. The van der Waals surface area contributed by atoms with Crippen molar-refractivity contribution < 1.29 is 24.2 Å². The zero-order chi connectivity index (χ0) is 27.7. The summed E-state index contributed by atoms with van der Waals surface area (Å²) >= 11 is 0. The number of aromatic nitrogens is 1. The van der Waals surface area contributed by atoms with Crippen LogP contribution in [0, 0.1) is 29.1 Å². The topological polar surface area (TPSA) is 112 Å².